The fourth-order valence-corrected chi connectivity index (χ4v) is 3.41. The van der Waals surface area contributed by atoms with E-state index >= 15 is 0 Å². The molecule has 0 aliphatic heterocycles. The quantitative estimate of drug-likeness (QED) is 0.881. The van der Waals surface area contributed by atoms with Crippen molar-refractivity contribution < 1.29 is 13.6 Å². The topological polar surface area (TPSA) is 68.0 Å². The van der Waals surface area contributed by atoms with Crippen molar-refractivity contribution in [2.75, 3.05) is 6.54 Å². The lowest BCUT2D eigenvalue weighted by Gasteiger charge is -2.29. The van der Waals surface area contributed by atoms with E-state index in [1.165, 1.54) is 11.4 Å². The van der Waals surface area contributed by atoms with Gasteiger partial charge in [-0.2, -0.15) is 0 Å². The Hall–Kier alpha value is -1.86. The van der Waals surface area contributed by atoms with E-state index in [4.69, 9.17) is 5.73 Å². The highest BCUT2D eigenvalue weighted by Gasteiger charge is 2.41. The normalized spacial score (nSPS) is 16.9. The van der Waals surface area contributed by atoms with E-state index in [2.05, 4.69) is 10.3 Å². The molecule has 1 aliphatic carbocycles. The monoisotopic (exact) mass is 337 g/mol. The van der Waals surface area contributed by atoms with Gasteiger partial charge in [0.15, 0.2) is 0 Å². The van der Waals surface area contributed by atoms with E-state index < -0.39 is 17.2 Å². The minimum absolute atomic E-state index is 0.145. The Kier molecular flexibility index (Phi) is 4.16. The van der Waals surface area contributed by atoms with E-state index in [0.29, 0.717) is 12.5 Å². The summed E-state index contributed by atoms with van der Waals surface area (Å²) in [6.45, 7) is 2.24. The first-order valence-corrected chi connectivity index (χ1v) is 8.25. The lowest BCUT2D eigenvalue weighted by atomic mass is 9.96. The Morgan fingerprint density at radius 1 is 1.43 bits per heavy atom. The highest BCUT2D eigenvalue weighted by atomic mass is 32.1. The average molecular weight is 337 g/mol. The van der Waals surface area contributed by atoms with Crippen LogP contribution in [0.15, 0.2) is 23.6 Å². The molecule has 3 N–H and O–H groups in total. The van der Waals surface area contributed by atoms with Crippen LogP contribution in [0.4, 0.5) is 8.78 Å². The van der Waals surface area contributed by atoms with Crippen LogP contribution in [-0.4, -0.2) is 23.0 Å². The molecule has 1 aliphatic rings. The molecule has 4 nitrogen and oxygen atoms in total. The molecule has 2 aromatic rings. The first kappa shape index (κ1) is 16.0. The molecule has 122 valence electrons. The van der Waals surface area contributed by atoms with E-state index in [1.54, 1.807) is 0 Å². The van der Waals surface area contributed by atoms with Gasteiger partial charge in [0, 0.05) is 11.9 Å². The number of benzene rings is 1. The molecule has 1 amide bonds. The molecule has 3 rings (SSSR count). The van der Waals surface area contributed by atoms with Crippen molar-refractivity contribution in [1.82, 2.24) is 10.3 Å². The number of halogens is 2. The summed E-state index contributed by atoms with van der Waals surface area (Å²) in [6.07, 6.45) is 2.08. The van der Waals surface area contributed by atoms with Crippen LogP contribution < -0.4 is 11.1 Å². The van der Waals surface area contributed by atoms with Gasteiger partial charge in [0.05, 0.1) is 11.1 Å². The number of nitrogens with zero attached hydrogens (tertiary/aromatic N) is 1. The molecule has 0 radical (unpaired) electrons. The number of carbonyl (C=O) groups is 1. The molecule has 1 atom stereocenters. The van der Waals surface area contributed by atoms with Crippen LogP contribution in [-0.2, 0) is 0 Å². The standard InChI is InChI=1S/C16H17F2N3OS/c1-16(8-19,9-5-6-9)21-14(22)12-7-23-15(20-12)13-10(17)3-2-4-11(13)18/h2-4,7,9H,5-6,8,19H2,1H3,(H,21,22). The molecule has 0 bridgehead atoms. The zero-order chi connectivity index (χ0) is 16.6. The SMILES string of the molecule is CC(CN)(NC(=O)c1csc(-c2c(F)cccc2F)n1)C1CC1. The maximum atomic E-state index is 13.8. The molecule has 1 aromatic carbocycles. The van der Waals surface area contributed by atoms with Gasteiger partial charge < -0.3 is 11.1 Å². The van der Waals surface area contributed by atoms with E-state index in [9.17, 15) is 13.6 Å². The minimum atomic E-state index is -0.698. The Balaban J connectivity index is 1.83. The lowest BCUT2D eigenvalue weighted by Crippen LogP contribution is -2.53. The first-order chi connectivity index (χ1) is 10.9. The van der Waals surface area contributed by atoms with E-state index in [1.807, 2.05) is 6.92 Å². The fraction of sp³-hybridized carbons (Fsp3) is 0.375. The Bertz CT molecular complexity index is 724. The zero-order valence-corrected chi connectivity index (χ0v) is 13.4. The van der Waals surface area contributed by atoms with Gasteiger partial charge >= 0.3 is 0 Å². The van der Waals surface area contributed by atoms with Crippen LogP contribution >= 0.6 is 11.3 Å². The molecule has 1 saturated carbocycles. The molecular weight excluding hydrogens is 320 g/mol. The van der Waals surface area contributed by atoms with Gasteiger partial charge in [-0.05, 0) is 37.8 Å². The second-order valence-electron chi connectivity index (χ2n) is 5.98. The number of hydrogen-bond donors (Lipinski definition) is 2. The van der Waals surface area contributed by atoms with Crippen molar-refractivity contribution in [1.29, 1.82) is 0 Å². The molecule has 1 heterocycles. The Labute approximate surface area is 136 Å². The molecule has 0 saturated heterocycles. The van der Waals surface area contributed by atoms with Gasteiger partial charge in [0.2, 0.25) is 0 Å². The number of nitrogens with two attached hydrogens (primary N) is 1. The summed E-state index contributed by atoms with van der Waals surface area (Å²) in [4.78, 5) is 16.4. The summed E-state index contributed by atoms with van der Waals surface area (Å²) in [6, 6.07) is 3.62. The van der Waals surface area contributed by atoms with Gasteiger partial charge in [0.1, 0.15) is 22.3 Å². The maximum Gasteiger partial charge on any atom is 0.271 e. The molecule has 7 heteroatoms. The average Bonchev–Trinajstić information content (AvgIpc) is 3.27. The molecule has 1 aromatic heterocycles. The van der Waals surface area contributed by atoms with Crippen molar-refractivity contribution >= 4 is 17.2 Å². The molecule has 1 fully saturated rings. The van der Waals surface area contributed by atoms with E-state index in [0.717, 1.165) is 36.3 Å². The lowest BCUT2D eigenvalue weighted by molar-refractivity contribution is 0.0893. The number of nitrogens with one attached hydrogen (secondary N) is 1. The number of aromatic nitrogens is 1. The number of hydrogen-bond acceptors (Lipinski definition) is 4. The van der Waals surface area contributed by atoms with Gasteiger partial charge in [-0.15, -0.1) is 11.3 Å². The van der Waals surface area contributed by atoms with Gasteiger partial charge in [-0.3, -0.25) is 4.79 Å². The number of amides is 1. The predicted octanol–water partition coefficient (Wildman–Crippen LogP) is 2.95. The van der Waals surface area contributed by atoms with Crippen LogP contribution in [0.1, 0.15) is 30.3 Å². The second kappa shape index (κ2) is 5.98. The van der Waals surface area contributed by atoms with Crippen molar-refractivity contribution in [2.24, 2.45) is 11.7 Å². The highest BCUT2D eigenvalue weighted by Crippen LogP contribution is 2.39. The number of carbonyl (C=O) groups excluding carboxylic acids is 1. The van der Waals surface area contributed by atoms with Crippen molar-refractivity contribution in [3.63, 3.8) is 0 Å². The summed E-state index contributed by atoms with van der Waals surface area (Å²) in [5.74, 6) is -1.39. The van der Waals surface area contributed by atoms with Crippen LogP contribution in [0.25, 0.3) is 10.6 Å². The maximum absolute atomic E-state index is 13.8. The van der Waals surface area contributed by atoms with Crippen molar-refractivity contribution in [2.45, 2.75) is 25.3 Å². The molecular formula is C16H17F2N3OS. The van der Waals surface area contributed by atoms with Crippen molar-refractivity contribution in [3.05, 3.63) is 40.9 Å². The van der Waals surface area contributed by atoms with Crippen LogP contribution in [0.3, 0.4) is 0 Å². The van der Waals surface area contributed by atoms with E-state index in [-0.39, 0.29) is 22.2 Å². The second-order valence-corrected chi connectivity index (χ2v) is 6.84. The first-order valence-electron chi connectivity index (χ1n) is 7.37. The third-order valence-electron chi connectivity index (χ3n) is 4.21. The Morgan fingerprint density at radius 2 is 2.09 bits per heavy atom. The third kappa shape index (κ3) is 3.11. The molecule has 1 unspecified atom stereocenters. The summed E-state index contributed by atoms with van der Waals surface area (Å²) < 4.78 is 27.6. The van der Waals surface area contributed by atoms with Gasteiger partial charge in [-0.25, -0.2) is 13.8 Å². The van der Waals surface area contributed by atoms with Crippen molar-refractivity contribution in [3.8, 4) is 10.6 Å². The smallest absolute Gasteiger partial charge is 0.271 e. The molecule has 0 spiro atoms. The molecule has 23 heavy (non-hydrogen) atoms. The minimum Gasteiger partial charge on any atom is -0.344 e. The van der Waals surface area contributed by atoms with Crippen LogP contribution in [0.2, 0.25) is 0 Å². The summed E-state index contributed by atoms with van der Waals surface area (Å²) in [5.41, 5.74) is 5.25. The summed E-state index contributed by atoms with van der Waals surface area (Å²) in [7, 11) is 0. The largest absolute Gasteiger partial charge is 0.344 e. The summed E-state index contributed by atoms with van der Waals surface area (Å²) >= 11 is 1.03. The fourth-order valence-electron chi connectivity index (χ4n) is 2.56. The predicted molar refractivity (Wildman–Crippen MR) is 85.1 cm³/mol. The zero-order valence-electron chi connectivity index (χ0n) is 12.6. The Morgan fingerprint density at radius 3 is 2.65 bits per heavy atom. The summed E-state index contributed by atoms with van der Waals surface area (Å²) in [5, 5.41) is 4.55. The van der Waals surface area contributed by atoms with Crippen LogP contribution in [0, 0.1) is 17.6 Å². The third-order valence-corrected chi connectivity index (χ3v) is 5.07. The van der Waals surface area contributed by atoms with Gasteiger partial charge in [-0.1, -0.05) is 6.07 Å². The van der Waals surface area contributed by atoms with Crippen LogP contribution in [0.5, 0.6) is 0 Å². The highest BCUT2D eigenvalue weighted by molar-refractivity contribution is 7.13. The number of rotatable bonds is 5. The van der Waals surface area contributed by atoms with Gasteiger partial charge in [0.25, 0.3) is 5.91 Å². The number of thiazole rings is 1.